The summed E-state index contributed by atoms with van der Waals surface area (Å²) in [5.74, 6) is -1.34. The van der Waals surface area contributed by atoms with Gasteiger partial charge in [-0.3, -0.25) is 0 Å². The van der Waals surface area contributed by atoms with Crippen LogP contribution in [0.2, 0.25) is 0 Å². The van der Waals surface area contributed by atoms with E-state index >= 15 is 0 Å². The molecule has 2 atom stereocenters. The Morgan fingerprint density at radius 2 is 1.53 bits per heavy atom. The van der Waals surface area contributed by atoms with Gasteiger partial charge in [-0.15, -0.1) is 13.2 Å². The van der Waals surface area contributed by atoms with Crippen molar-refractivity contribution in [2.75, 3.05) is 22.9 Å². The van der Waals surface area contributed by atoms with Crippen LogP contribution in [-0.2, 0) is 6.54 Å². The van der Waals surface area contributed by atoms with Crippen molar-refractivity contribution in [1.29, 1.82) is 0 Å². The van der Waals surface area contributed by atoms with Gasteiger partial charge in [0.25, 0.3) is 0 Å². The maximum Gasteiger partial charge on any atom is 0.573 e. The summed E-state index contributed by atoms with van der Waals surface area (Å²) in [6.45, 7) is -0.830. The number of aliphatic hydroxyl groups is 1. The first-order chi connectivity index (χ1) is 16.9. The fourth-order valence-corrected chi connectivity index (χ4v) is 4.25. The van der Waals surface area contributed by atoms with E-state index in [-0.39, 0.29) is 18.7 Å². The van der Waals surface area contributed by atoms with Crippen molar-refractivity contribution in [2.24, 2.45) is 0 Å². The Hall–Kier alpha value is -3.47. The average Bonchev–Trinajstić information content (AvgIpc) is 2.81. The number of aliphatic hydroxyl groups excluding tert-OH is 1. The standard InChI is InChI=1S/C25H21F7N2O2/c26-19-11-10-18(36-25(30,31)32)12-17(19)13-33-14-22(16-6-2-1-3-7-16)34(15-23(35)24(27,28)29)21-9-5-4-8-20(21)33/h1-12,22-23,35H,13-15H2/t22-,23+/m0/s1. The molecule has 1 N–H and O–H groups in total. The Morgan fingerprint density at radius 1 is 0.889 bits per heavy atom. The second kappa shape index (κ2) is 9.88. The minimum absolute atomic E-state index is 0.0788. The van der Waals surface area contributed by atoms with Gasteiger partial charge >= 0.3 is 12.5 Å². The quantitative estimate of drug-likeness (QED) is 0.397. The molecule has 0 unspecified atom stereocenters. The summed E-state index contributed by atoms with van der Waals surface area (Å²) in [5.41, 5.74) is 1.38. The van der Waals surface area contributed by atoms with Crippen molar-refractivity contribution in [3.8, 4) is 5.75 Å². The molecule has 0 saturated heterocycles. The highest BCUT2D eigenvalue weighted by Gasteiger charge is 2.42. The number of alkyl halides is 6. The number of para-hydroxylation sites is 2. The van der Waals surface area contributed by atoms with Crippen molar-refractivity contribution in [3.63, 3.8) is 0 Å². The highest BCUT2D eigenvalue weighted by Crippen LogP contribution is 2.42. The number of anilines is 2. The van der Waals surface area contributed by atoms with Gasteiger partial charge in [0, 0.05) is 18.7 Å². The number of hydrogen-bond acceptors (Lipinski definition) is 4. The van der Waals surface area contributed by atoms with Gasteiger partial charge in [-0.2, -0.15) is 13.2 Å². The maximum atomic E-state index is 14.6. The van der Waals surface area contributed by atoms with Crippen LogP contribution in [0.3, 0.4) is 0 Å². The van der Waals surface area contributed by atoms with E-state index in [1.807, 2.05) is 0 Å². The number of halogens is 7. The molecule has 3 aromatic rings. The van der Waals surface area contributed by atoms with Crippen molar-refractivity contribution in [2.45, 2.75) is 31.2 Å². The van der Waals surface area contributed by atoms with Gasteiger partial charge in [-0.05, 0) is 35.9 Å². The van der Waals surface area contributed by atoms with Crippen molar-refractivity contribution >= 4 is 11.4 Å². The third-order valence-corrected chi connectivity index (χ3v) is 5.85. The van der Waals surface area contributed by atoms with Gasteiger partial charge in [-0.1, -0.05) is 42.5 Å². The number of nitrogens with zero attached hydrogens (tertiary/aromatic N) is 2. The fraction of sp³-hybridized carbons (Fsp3) is 0.280. The van der Waals surface area contributed by atoms with Crippen molar-refractivity contribution in [1.82, 2.24) is 0 Å². The third-order valence-electron chi connectivity index (χ3n) is 5.85. The van der Waals surface area contributed by atoms with Crippen molar-refractivity contribution < 1.29 is 40.6 Å². The minimum Gasteiger partial charge on any atom is -0.406 e. The van der Waals surface area contributed by atoms with Gasteiger partial charge in [0.2, 0.25) is 0 Å². The number of rotatable bonds is 6. The summed E-state index contributed by atoms with van der Waals surface area (Å²) in [7, 11) is 0. The molecule has 4 nitrogen and oxygen atoms in total. The highest BCUT2D eigenvalue weighted by atomic mass is 19.4. The molecule has 0 spiro atoms. The van der Waals surface area contributed by atoms with E-state index < -0.39 is 42.8 Å². The number of β-amino-alcohol motifs (C(OH)–C–C–N with tert-alkyl or cyclic N) is 1. The molecular formula is C25H21F7N2O2. The van der Waals surface area contributed by atoms with Crippen LogP contribution in [0.15, 0.2) is 72.8 Å². The number of ether oxygens (including phenoxy) is 1. The van der Waals surface area contributed by atoms with E-state index in [0.29, 0.717) is 16.9 Å². The SMILES string of the molecule is O[C@H](CN1c2ccccc2N(Cc2cc(OC(F)(F)F)ccc2F)C[C@H]1c1ccccc1)C(F)(F)F. The number of fused-ring (bicyclic) bond motifs is 1. The summed E-state index contributed by atoms with van der Waals surface area (Å²) in [6.07, 6.45) is -12.4. The van der Waals surface area contributed by atoms with Gasteiger partial charge in [-0.25, -0.2) is 4.39 Å². The second-order valence-electron chi connectivity index (χ2n) is 8.31. The first-order valence-corrected chi connectivity index (χ1v) is 10.9. The molecule has 3 aromatic carbocycles. The number of benzene rings is 3. The molecular weight excluding hydrogens is 493 g/mol. The average molecular weight is 514 g/mol. The van der Waals surface area contributed by atoms with Crippen LogP contribution in [-0.4, -0.2) is 36.8 Å². The maximum absolute atomic E-state index is 14.6. The van der Waals surface area contributed by atoms with E-state index in [1.54, 1.807) is 59.5 Å². The normalized spacial score (nSPS) is 17.1. The Labute approximate surface area is 202 Å². The molecule has 1 aliphatic heterocycles. The fourth-order valence-electron chi connectivity index (χ4n) is 4.25. The molecule has 0 amide bonds. The Bertz CT molecular complexity index is 1190. The predicted octanol–water partition coefficient (Wildman–Crippen LogP) is 6.22. The Kier molecular flexibility index (Phi) is 7.03. The van der Waals surface area contributed by atoms with Crippen LogP contribution in [0.5, 0.6) is 5.75 Å². The molecule has 0 radical (unpaired) electrons. The summed E-state index contributed by atoms with van der Waals surface area (Å²) < 4.78 is 96.3. The van der Waals surface area contributed by atoms with Crippen LogP contribution in [0, 0.1) is 5.82 Å². The monoisotopic (exact) mass is 514 g/mol. The van der Waals surface area contributed by atoms with E-state index in [1.165, 1.54) is 4.90 Å². The molecule has 0 saturated carbocycles. The lowest BCUT2D eigenvalue weighted by molar-refractivity contribution is -0.274. The number of hydrogen-bond donors (Lipinski definition) is 1. The van der Waals surface area contributed by atoms with Gasteiger partial charge in [0.15, 0.2) is 6.10 Å². The molecule has 4 rings (SSSR count). The zero-order valence-corrected chi connectivity index (χ0v) is 18.6. The molecule has 11 heteroatoms. The Balaban J connectivity index is 1.73. The summed E-state index contributed by atoms with van der Waals surface area (Å²) in [4.78, 5) is 3.12. The Morgan fingerprint density at radius 3 is 2.17 bits per heavy atom. The van der Waals surface area contributed by atoms with Crippen LogP contribution in [0.4, 0.5) is 42.1 Å². The van der Waals surface area contributed by atoms with Crippen LogP contribution >= 0.6 is 0 Å². The molecule has 1 heterocycles. The molecule has 0 aliphatic carbocycles. The van der Waals surface area contributed by atoms with Crippen molar-refractivity contribution in [3.05, 3.63) is 89.7 Å². The topological polar surface area (TPSA) is 35.9 Å². The molecule has 192 valence electrons. The zero-order chi connectivity index (χ0) is 26.1. The van der Waals surface area contributed by atoms with Gasteiger partial charge < -0.3 is 19.6 Å². The summed E-state index contributed by atoms with van der Waals surface area (Å²) in [5, 5.41) is 9.85. The lowest BCUT2D eigenvalue weighted by Crippen LogP contribution is -2.49. The first kappa shape index (κ1) is 25.6. The van der Waals surface area contributed by atoms with E-state index in [4.69, 9.17) is 0 Å². The molecule has 36 heavy (non-hydrogen) atoms. The molecule has 0 aromatic heterocycles. The lowest BCUT2D eigenvalue weighted by atomic mass is 9.98. The molecule has 0 fully saturated rings. The van der Waals surface area contributed by atoms with E-state index in [9.17, 15) is 35.8 Å². The van der Waals surface area contributed by atoms with Crippen LogP contribution in [0.25, 0.3) is 0 Å². The molecule has 1 aliphatic rings. The first-order valence-electron chi connectivity index (χ1n) is 10.9. The van der Waals surface area contributed by atoms with Gasteiger partial charge in [0.1, 0.15) is 11.6 Å². The second-order valence-corrected chi connectivity index (χ2v) is 8.31. The van der Waals surface area contributed by atoms with E-state index in [2.05, 4.69) is 4.74 Å². The summed E-state index contributed by atoms with van der Waals surface area (Å²) >= 11 is 0. The van der Waals surface area contributed by atoms with Crippen LogP contribution < -0.4 is 14.5 Å². The van der Waals surface area contributed by atoms with Gasteiger partial charge in [0.05, 0.1) is 24.0 Å². The smallest absolute Gasteiger partial charge is 0.406 e. The summed E-state index contributed by atoms with van der Waals surface area (Å²) in [6, 6.07) is 17.1. The lowest BCUT2D eigenvalue weighted by Gasteiger charge is -2.45. The minimum atomic E-state index is -4.95. The third kappa shape index (κ3) is 5.84. The van der Waals surface area contributed by atoms with Crippen LogP contribution in [0.1, 0.15) is 17.2 Å². The predicted molar refractivity (Wildman–Crippen MR) is 119 cm³/mol. The zero-order valence-electron chi connectivity index (χ0n) is 18.6. The molecule has 0 bridgehead atoms. The van der Waals surface area contributed by atoms with E-state index in [0.717, 1.165) is 18.2 Å². The highest BCUT2D eigenvalue weighted by molar-refractivity contribution is 5.74. The largest absolute Gasteiger partial charge is 0.573 e.